The molecule has 3 aromatic carbocycles. The zero-order chi connectivity index (χ0) is 24.8. The molecule has 8 heteroatoms. The molecule has 0 saturated heterocycles. The van der Waals surface area contributed by atoms with Crippen molar-refractivity contribution in [1.29, 1.82) is 0 Å². The highest BCUT2D eigenvalue weighted by Gasteiger charge is 2.19. The first-order valence-corrected chi connectivity index (χ1v) is 11.6. The number of aliphatic hydroxyl groups excluding tert-OH is 2. The maximum absolute atomic E-state index is 9.77. The molecule has 4 rings (SSSR count). The molecule has 0 saturated carbocycles. The Bertz CT molecular complexity index is 1300. The van der Waals surface area contributed by atoms with E-state index in [9.17, 15) is 5.11 Å². The third kappa shape index (κ3) is 5.98. The van der Waals surface area contributed by atoms with Crippen molar-refractivity contribution in [3.05, 3.63) is 89.6 Å². The minimum atomic E-state index is -1.01. The van der Waals surface area contributed by atoms with Gasteiger partial charge in [0.25, 0.3) is 0 Å². The fourth-order valence-corrected chi connectivity index (χ4v) is 4.13. The van der Waals surface area contributed by atoms with Crippen molar-refractivity contribution in [2.45, 2.75) is 12.6 Å². The first-order chi connectivity index (χ1) is 17.0. The van der Waals surface area contributed by atoms with Crippen molar-refractivity contribution >= 4 is 24.0 Å². The summed E-state index contributed by atoms with van der Waals surface area (Å²) in [5, 5.41) is 19.5. The Balaban J connectivity index is 0.00000361. The first kappa shape index (κ1) is 27.5. The molecule has 188 valence electrons. The van der Waals surface area contributed by atoms with Crippen LogP contribution in [-0.2, 0) is 6.54 Å². The van der Waals surface area contributed by atoms with Crippen LogP contribution < -0.4 is 15.2 Å². The largest absolute Gasteiger partial charge is 0.493 e. The number of hydrogen-bond acceptors (Lipinski definition) is 6. The van der Waals surface area contributed by atoms with E-state index in [0.29, 0.717) is 16.5 Å². The number of aliphatic hydroxyl groups is 2. The molecule has 0 aliphatic rings. The number of nitrogens with two attached hydrogens (primary N) is 1. The molecule has 4 aromatic rings. The zero-order valence-electron chi connectivity index (χ0n) is 19.7. The Labute approximate surface area is 221 Å². The summed E-state index contributed by atoms with van der Waals surface area (Å²) in [5.41, 5.74) is 12.4. The van der Waals surface area contributed by atoms with Crippen molar-refractivity contribution in [3.8, 4) is 45.0 Å². The Morgan fingerprint density at radius 1 is 0.917 bits per heavy atom. The topological polar surface area (TPSA) is 97.8 Å². The summed E-state index contributed by atoms with van der Waals surface area (Å²) in [7, 11) is 1.54. The molecule has 1 heterocycles. The van der Waals surface area contributed by atoms with Crippen LogP contribution in [0.25, 0.3) is 33.5 Å². The van der Waals surface area contributed by atoms with E-state index in [1.165, 1.54) is 0 Å². The van der Waals surface area contributed by atoms with E-state index < -0.39 is 12.7 Å². The Morgan fingerprint density at radius 3 is 2.39 bits per heavy atom. The van der Waals surface area contributed by atoms with Crippen molar-refractivity contribution in [2.75, 3.05) is 20.3 Å². The lowest BCUT2D eigenvalue weighted by Gasteiger charge is -2.20. The number of nitrogens with zero attached hydrogens (tertiary/aromatic N) is 1. The number of halogens is 2. The van der Waals surface area contributed by atoms with Gasteiger partial charge in [0, 0.05) is 28.9 Å². The van der Waals surface area contributed by atoms with Gasteiger partial charge in [-0.2, -0.15) is 0 Å². The molecular weight excluding hydrogens is 499 g/mol. The number of rotatable bonds is 9. The predicted octanol–water partition coefficient (Wildman–Crippen LogP) is 5.36. The number of aromatic nitrogens is 1. The van der Waals surface area contributed by atoms with Crippen molar-refractivity contribution in [2.24, 2.45) is 5.73 Å². The molecular formula is C28H28Cl2N2O4. The SMILES string of the molecule is COc1cc(CN)c(-c2ccc(Cl)cc2-c2cccnc2-c2ccccc2)cc1OCC(O)CO.Cl. The van der Waals surface area contributed by atoms with Gasteiger partial charge in [-0.3, -0.25) is 4.98 Å². The molecule has 6 nitrogen and oxygen atoms in total. The van der Waals surface area contributed by atoms with Gasteiger partial charge in [-0.15, -0.1) is 12.4 Å². The van der Waals surface area contributed by atoms with Crippen molar-refractivity contribution < 1.29 is 19.7 Å². The normalized spacial score (nSPS) is 11.5. The minimum absolute atomic E-state index is 0. The van der Waals surface area contributed by atoms with E-state index in [2.05, 4.69) is 4.98 Å². The molecule has 0 amide bonds. The molecule has 36 heavy (non-hydrogen) atoms. The summed E-state index contributed by atoms with van der Waals surface area (Å²) in [4.78, 5) is 4.67. The minimum Gasteiger partial charge on any atom is -0.493 e. The van der Waals surface area contributed by atoms with E-state index in [0.717, 1.165) is 39.1 Å². The molecule has 0 aliphatic carbocycles. The molecule has 0 radical (unpaired) electrons. The lowest BCUT2D eigenvalue weighted by Crippen LogP contribution is -2.21. The third-order valence-corrected chi connectivity index (χ3v) is 5.90. The predicted molar refractivity (Wildman–Crippen MR) is 146 cm³/mol. The zero-order valence-corrected chi connectivity index (χ0v) is 21.3. The summed E-state index contributed by atoms with van der Waals surface area (Å²) in [6.07, 6.45) is 0.764. The van der Waals surface area contributed by atoms with Gasteiger partial charge >= 0.3 is 0 Å². The smallest absolute Gasteiger partial charge is 0.161 e. The summed E-state index contributed by atoms with van der Waals surface area (Å²) >= 11 is 6.46. The molecule has 0 bridgehead atoms. The standard InChI is InChI=1S/C28H27ClN2O4.ClH/c1-34-26-12-19(15-30)24(14-27(26)35-17-21(33)16-32)22-10-9-20(29)13-25(22)23-8-5-11-31-28(23)18-6-3-2-4-7-18;/h2-14,21,32-33H,15-17,30H2,1H3;1H. The fourth-order valence-electron chi connectivity index (χ4n) is 3.96. The van der Waals surface area contributed by atoms with Crippen molar-refractivity contribution in [3.63, 3.8) is 0 Å². The number of methoxy groups -OCH3 is 1. The Hall–Kier alpha value is -3.13. The van der Waals surface area contributed by atoms with Gasteiger partial charge in [0.2, 0.25) is 0 Å². The highest BCUT2D eigenvalue weighted by atomic mass is 35.5. The molecule has 0 aliphatic heterocycles. The summed E-state index contributed by atoms with van der Waals surface area (Å²) in [6.45, 7) is -0.213. The van der Waals surface area contributed by atoms with Gasteiger partial charge < -0.3 is 25.4 Å². The Kier molecular flexibility index (Phi) is 9.70. The van der Waals surface area contributed by atoms with Crippen LogP contribution in [0.5, 0.6) is 11.5 Å². The van der Waals surface area contributed by atoms with Crippen LogP contribution in [0.2, 0.25) is 5.02 Å². The average Bonchev–Trinajstić information content (AvgIpc) is 2.91. The van der Waals surface area contributed by atoms with Crippen LogP contribution in [0.15, 0.2) is 79.0 Å². The van der Waals surface area contributed by atoms with Crippen LogP contribution in [0.3, 0.4) is 0 Å². The van der Waals surface area contributed by atoms with E-state index in [-0.39, 0.29) is 25.6 Å². The van der Waals surface area contributed by atoms with Gasteiger partial charge in [-0.05, 0) is 52.6 Å². The van der Waals surface area contributed by atoms with Gasteiger partial charge in [-0.1, -0.05) is 54.1 Å². The highest BCUT2D eigenvalue weighted by Crippen LogP contribution is 2.42. The number of pyridine rings is 1. The van der Waals surface area contributed by atoms with Crippen LogP contribution in [0, 0.1) is 0 Å². The third-order valence-electron chi connectivity index (χ3n) is 5.67. The molecule has 4 N–H and O–H groups in total. The fraction of sp³-hybridized carbons (Fsp3) is 0.179. The maximum atomic E-state index is 9.77. The average molecular weight is 527 g/mol. The molecule has 1 atom stereocenters. The molecule has 1 unspecified atom stereocenters. The van der Waals surface area contributed by atoms with Gasteiger partial charge in [0.15, 0.2) is 11.5 Å². The lowest BCUT2D eigenvalue weighted by atomic mass is 9.89. The van der Waals surface area contributed by atoms with E-state index in [4.69, 9.17) is 31.9 Å². The Morgan fingerprint density at radius 2 is 1.69 bits per heavy atom. The summed E-state index contributed by atoms with van der Waals surface area (Å²) in [6, 6.07) is 23.3. The second-order valence-corrected chi connectivity index (χ2v) is 8.40. The molecule has 0 spiro atoms. The molecule has 1 aromatic heterocycles. The maximum Gasteiger partial charge on any atom is 0.161 e. The quantitative estimate of drug-likeness (QED) is 0.271. The van der Waals surface area contributed by atoms with Crippen LogP contribution in [0.4, 0.5) is 0 Å². The number of ether oxygens (including phenoxy) is 2. The highest BCUT2D eigenvalue weighted by molar-refractivity contribution is 6.31. The lowest BCUT2D eigenvalue weighted by molar-refractivity contribution is 0.0527. The molecule has 0 fully saturated rings. The van der Waals surface area contributed by atoms with Gasteiger partial charge in [-0.25, -0.2) is 0 Å². The van der Waals surface area contributed by atoms with Gasteiger partial charge in [0.1, 0.15) is 12.7 Å². The summed E-state index contributed by atoms with van der Waals surface area (Å²) < 4.78 is 11.3. The second-order valence-electron chi connectivity index (χ2n) is 7.97. The monoisotopic (exact) mass is 526 g/mol. The van der Waals surface area contributed by atoms with Crippen LogP contribution in [-0.4, -0.2) is 41.6 Å². The van der Waals surface area contributed by atoms with Crippen LogP contribution >= 0.6 is 24.0 Å². The number of benzene rings is 3. The van der Waals surface area contributed by atoms with Crippen LogP contribution in [0.1, 0.15) is 5.56 Å². The van der Waals surface area contributed by atoms with E-state index >= 15 is 0 Å². The number of hydrogen-bond donors (Lipinski definition) is 3. The van der Waals surface area contributed by atoms with Crippen molar-refractivity contribution in [1.82, 2.24) is 4.98 Å². The van der Waals surface area contributed by atoms with Gasteiger partial charge in [0.05, 0.1) is 19.4 Å². The summed E-state index contributed by atoms with van der Waals surface area (Å²) in [5.74, 6) is 0.920. The first-order valence-electron chi connectivity index (χ1n) is 11.2. The van der Waals surface area contributed by atoms with E-state index in [1.54, 1.807) is 13.3 Å². The second kappa shape index (κ2) is 12.7. The van der Waals surface area contributed by atoms with E-state index in [1.807, 2.05) is 72.8 Å².